The topological polar surface area (TPSA) is 64.1 Å². The highest BCUT2D eigenvalue weighted by Gasteiger charge is 2.06. The Labute approximate surface area is 98.1 Å². The molecular formula is C13H11N3O. The van der Waals surface area contributed by atoms with E-state index in [0.717, 1.165) is 16.8 Å². The molecule has 0 unspecified atom stereocenters. The summed E-state index contributed by atoms with van der Waals surface area (Å²) in [4.78, 5) is 4.32. The van der Waals surface area contributed by atoms with Crippen LogP contribution >= 0.6 is 0 Å². The summed E-state index contributed by atoms with van der Waals surface area (Å²) in [7, 11) is 0. The fourth-order valence-electron chi connectivity index (χ4n) is 1.65. The minimum atomic E-state index is 0.448. The van der Waals surface area contributed by atoms with E-state index in [1.165, 1.54) is 0 Å². The summed E-state index contributed by atoms with van der Waals surface area (Å²) in [6.45, 7) is 0. The third kappa shape index (κ3) is 1.80. The van der Waals surface area contributed by atoms with E-state index in [2.05, 4.69) is 10.3 Å². The predicted octanol–water partition coefficient (Wildman–Crippen LogP) is 3.15. The van der Waals surface area contributed by atoms with Crippen molar-refractivity contribution in [2.75, 3.05) is 11.1 Å². The second-order valence-electron chi connectivity index (χ2n) is 3.70. The van der Waals surface area contributed by atoms with Gasteiger partial charge in [-0.05, 0) is 24.3 Å². The molecule has 3 rings (SSSR count). The number of rotatable bonds is 2. The number of para-hydroxylation sites is 4. The van der Waals surface area contributed by atoms with Crippen LogP contribution in [-0.2, 0) is 0 Å². The van der Waals surface area contributed by atoms with Crippen LogP contribution in [0.1, 0.15) is 0 Å². The Morgan fingerprint density at radius 2 is 1.76 bits per heavy atom. The van der Waals surface area contributed by atoms with Crippen LogP contribution in [0.25, 0.3) is 11.1 Å². The minimum Gasteiger partial charge on any atom is -0.423 e. The van der Waals surface area contributed by atoms with Crippen LogP contribution < -0.4 is 11.1 Å². The lowest BCUT2D eigenvalue weighted by Gasteiger charge is -2.03. The van der Waals surface area contributed by atoms with E-state index in [4.69, 9.17) is 10.2 Å². The summed E-state index contributed by atoms with van der Waals surface area (Å²) < 4.78 is 5.55. The molecule has 84 valence electrons. The lowest BCUT2D eigenvalue weighted by atomic mass is 10.3. The molecular weight excluding hydrogens is 214 g/mol. The highest BCUT2D eigenvalue weighted by atomic mass is 16.4. The van der Waals surface area contributed by atoms with E-state index < -0.39 is 0 Å². The molecule has 0 fully saturated rings. The Morgan fingerprint density at radius 3 is 2.59 bits per heavy atom. The van der Waals surface area contributed by atoms with Crippen molar-refractivity contribution >= 4 is 28.5 Å². The normalized spacial score (nSPS) is 10.6. The van der Waals surface area contributed by atoms with Crippen molar-refractivity contribution in [2.45, 2.75) is 0 Å². The third-order valence-electron chi connectivity index (χ3n) is 2.50. The number of anilines is 3. The highest BCUT2D eigenvalue weighted by Crippen LogP contribution is 2.24. The van der Waals surface area contributed by atoms with Crippen molar-refractivity contribution in [3.05, 3.63) is 48.5 Å². The number of hydrogen-bond acceptors (Lipinski definition) is 4. The molecule has 0 amide bonds. The first-order valence-corrected chi connectivity index (χ1v) is 5.30. The van der Waals surface area contributed by atoms with Gasteiger partial charge in [0.2, 0.25) is 0 Å². The van der Waals surface area contributed by atoms with Gasteiger partial charge in [0, 0.05) is 0 Å². The van der Waals surface area contributed by atoms with E-state index in [1.54, 1.807) is 0 Å². The molecule has 0 saturated carbocycles. The number of nitrogens with zero attached hydrogens (tertiary/aromatic N) is 1. The number of nitrogen functional groups attached to an aromatic ring is 1. The Hall–Kier alpha value is -2.49. The Kier molecular flexibility index (Phi) is 2.19. The zero-order valence-corrected chi connectivity index (χ0v) is 9.05. The van der Waals surface area contributed by atoms with Crippen molar-refractivity contribution < 1.29 is 4.42 Å². The van der Waals surface area contributed by atoms with Gasteiger partial charge in [-0.15, -0.1) is 0 Å². The largest absolute Gasteiger partial charge is 0.423 e. The molecule has 4 nitrogen and oxygen atoms in total. The number of nitrogens with one attached hydrogen (secondary N) is 1. The Morgan fingerprint density at radius 1 is 1.00 bits per heavy atom. The van der Waals surface area contributed by atoms with Crippen molar-refractivity contribution in [1.29, 1.82) is 0 Å². The maximum atomic E-state index is 5.83. The number of benzene rings is 2. The molecule has 3 aromatic rings. The SMILES string of the molecule is Nc1ccccc1Nc1nc2ccccc2o1. The average Bonchev–Trinajstić information content (AvgIpc) is 2.74. The molecule has 3 N–H and O–H groups in total. The van der Waals surface area contributed by atoms with Crippen molar-refractivity contribution in [3.63, 3.8) is 0 Å². The van der Waals surface area contributed by atoms with Gasteiger partial charge in [0.05, 0.1) is 11.4 Å². The van der Waals surface area contributed by atoms with Gasteiger partial charge in [-0.1, -0.05) is 24.3 Å². The number of hydrogen-bond donors (Lipinski definition) is 2. The fourth-order valence-corrected chi connectivity index (χ4v) is 1.65. The van der Waals surface area contributed by atoms with Crippen LogP contribution in [0, 0.1) is 0 Å². The third-order valence-corrected chi connectivity index (χ3v) is 2.50. The van der Waals surface area contributed by atoms with Gasteiger partial charge in [-0.25, -0.2) is 0 Å². The second kappa shape index (κ2) is 3.83. The molecule has 0 aliphatic carbocycles. The molecule has 0 spiro atoms. The first-order chi connectivity index (χ1) is 8.33. The lowest BCUT2D eigenvalue weighted by molar-refractivity contribution is 0.623. The van der Waals surface area contributed by atoms with E-state index in [0.29, 0.717) is 11.7 Å². The Balaban J connectivity index is 1.98. The fraction of sp³-hybridized carbons (Fsp3) is 0. The van der Waals surface area contributed by atoms with E-state index >= 15 is 0 Å². The molecule has 4 heteroatoms. The first kappa shape index (κ1) is 9.72. The quantitative estimate of drug-likeness (QED) is 0.657. The number of aromatic nitrogens is 1. The molecule has 2 aromatic carbocycles. The smallest absolute Gasteiger partial charge is 0.300 e. The van der Waals surface area contributed by atoms with Crippen LogP contribution in [0.4, 0.5) is 17.4 Å². The summed E-state index contributed by atoms with van der Waals surface area (Å²) in [5, 5.41) is 3.06. The van der Waals surface area contributed by atoms with Gasteiger partial charge in [0.15, 0.2) is 5.58 Å². The number of nitrogens with two attached hydrogens (primary N) is 1. The van der Waals surface area contributed by atoms with E-state index in [1.807, 2.05) is 48.5 Å². The molecule has 0 saturated heterocycles. The average molecular weight is 225 g/mol. The summed E-state index contributed by atoms with van der Waals surface area (Å²) in [5.74, 6) is 0. The highest BCUT2D eigenvalue weighted by molar-refractivity contribution is 5.76. The predicted molar refractivity (Wildman–Crippen MR) is 68.1 cm³/mol. The minimum absolute atomic E-state index is 0.448. The van der Waals surface area contributed by atoms with Gasteiger partial charge < -0.3 is 15.5 Å². The number of fused-ring (bicyclic) bond motifs is 1. The Bertz CT molecular complexity index is 627. The zero-order valence-electron chi connectivity index (χ0n) is 9.05. The molecule has 17 heavy (non-hydrogen) atoms. The maximum absolute atomic E-state index is 5.83. The van der Waals surface area contributed by atoms with Crippen LogP contribution in [-0.4, -0.2) is 4.98 Å². The summed E-state index contributed by atoms with van der Waals surface area (Å²) in [5.41, 5.74) is 8.86. The number of oxazole rings is 1. The van der Waals surface area contributed by atoms with E-state index in [9.17, 15) is 0 Å². The molecule has 1 aromatic heterocycles. The zero-order chi connectivity index (χ0) is 11.7. The van der Waals surface area contributed by atoms with E-state index in [-0.39, 0.29) is 0 Å². The lowest BCUT2D eigenvalue weighted by Crippen LogP contribution is -1.95. The standard InChI is InChI=1S/C13H11N3O/c14-9-5-1-2-6-10(9)15-13-16-11-7-3-4-8-12(11)17-13/h1-8H,14H2,(H,15,16). The molecule has 0 atom stereocenters. The van der Waals surface area contributed by atoms with Crippen molar-refractivity contribution in [1.82, 2.24) is 4.98 Å². The van der Waals surface area contributed by atoms with Gasteiger partial charge in [-0.3, -0.25) is 0 Å². The van der Waals surface area contributed by atoms with Gasteiger partial charge in [-0.2, -0.15) is 4.98 Å². The van der Waals surface area contributed by atoms with Gasteiger partial charge >= 0.3 is 0 Å². The monoisotopic (exact) mass is 225 g/mol. The molecule has 0 radical (unpaired) electrons. The molecule has 0 aliphatic rings. The van der Waals surface area contributed by atoms with Gasteiger partial charge in [0.25, 0.3) is 6.01 Å². The first-order valence-electron chi connectivity index (χ1n) is 5.30. The van der Waals surface area contributed by atoms with Gasteiger partial charge in [0.1, 0.15) is 5.52 Å². The van der Waals surface area contributed by atoms with Crippen LogP contribution in [0.3, 0.4) is 0 Å². The van der Waals surface area contributed by atoms with Crippen LogP contribution in [0.15, 0.2) is 52.9 Å². The summed E-state index contributed by atoms with van der Waals surface area (Å²) in [6.07, 6.45) is 0. The molecule has 0 aliphatic heterocycles. The maximum Gasteiger partial charge on any atom is 0.300 e. The summed E-state index contributed by atoms with van der Waals surface area (Å²) in [6, 6.07) is 15.5. The molecule has 0 bridgehead atoms. The summed E-state index contributed by atoms with van der Waals surface area (Å²) >= 11 is 0. The van der Waals surface area contributed by atoms with Crippen LogP contribution in [0.5, 0.6) is 0 Å². The second-order valence-corrected chi connectivity index (χ2v) is 3.70. The van der Waals surface area contributed by atoms with Crippen molar-refractivity contribution in [3.8, 4) is 0 Å². The van der Waals surface area contributed by atoms with Crippen molar-refractivity contribution in [2.24, 2.45) is 0 Å². The van der Waals surface area contributed by atoms with Crippen LogP contribution in [0.2, 0.25) is 0 Å². The molecule has 1 heterocycles.